The van der Waals surface area contributed by atoms with Gasteiger partial charge in [0.25, 0.3) is 5.91 Å². The van der Waals surface area contributed by atoms with Crippen LogP contribution in [0.15, 0.2) is 47.6 Å². The molecule has 0 spiro atoms. The summed E-state index contributed by atoms with van der Waals surface area (Å²) in [6.45, 7) is 2.70. The van der Waals surface area contributed by atoms with Crippen LogP contribution in [0.4, 0.5) is 5.69 Å². The zero-order chi connectivity index (χ0) is 21.8. The summed E-state index contributed by atoms with van der Waals surface area (Å²) >= 11 is 0. The average molecular weight is 425 g/mol. The number of benzene rings is 2. The minimum atomic E-state index is -0.622. The highest BCUT2D eigenvalue weighted by Crippen LogP contribution is 2.30. The van der Waals surface area contributed by atoms with Crippen molar-refractivity contribution < 1.29 is 23.8 Å². The van der Waals surface area contributed by atoms with Gasteiger partial charge in [-0.05, 0) is 30.3 Å². The molecule has 8 heteroatoms. The number of amides is 1. The molecule has 0 bridgehead atoms. The van der Waals surface area contributed by atoms with Crippen molar-refractivity contribution in [2.45, 2.75) is 12.5 Å². The zero-order valence-corrected chi connectivity index (χ0v) is 18.0. The number of rotatable bonds is 6. The second kappa shape index (κ2) is 9.16. The van der Waals surface area contributed by atoms with Crippen molar-refractivity contribution in [3.05, 3.63) is 48.0 Å². The number of anilines is 1. The Morgan fingerprint density at radius 2 is 1.71 bits per heavy atom. The molecule has 2 aliphatic rings. The van der Waals surface area contributed by atoms with E-state index in [0.717, 1.165) is 30.1 Å². The third kappa shape index (κ3) is 4.23. The number of ether oxygens (including phenoxy) is 3. The Morgan fingerprint density at radius 1 is 0.968 bits per heavy atom. The lowest BCUT2D eigenvalue weighted by atomic mass is 10.0. The van der Waals surface area contributed by atoms with Crippen LogP contribution in [0, 0.1) is 0 Å². The van der Waals surface area contributed by atoms with Crippen LogP contribution in [0.25, 0.3) is 0 Å². The number of hydrogen-bond acceptors (Lipinski definition) is 7. The lowest BCUT2D eigenvalue weighted by Crippen LogP contribution is -2.51. The first kappa shape index (κ1) is 20.8. The van der Waals surface area contributed by atoms with Crippen molar-refractivity contribution in [3.63, 3.8) is 0 Å². The molecule has 1 amide bonds. The van der Waals surface area contributed by atoms with Gasteiger partial charge in [0, 0.05) is 38.2 Å². The molecule has 0 radical (unpaired) electrons. The van der Waals surface area contributed by atoms with Crippen LogP contribution in [0.2, 0.25) is 0 Å². The standard InChI is InChI=1S/C23H27N3O5/c1-28-16-8-9-20(29-2)17(14-16)18-15-22(31-24-18)23(27)26-12-10-25(11-13-26)19-6-4-5-7-21(19)30-3/h4-9,14,22H,10-13,15H2,1-3H3. The summed E-state index contributed by atoms with van der Waals surface area (Å²) in [6.07, 6.45) is -0.224. The molecule has 1 atom stereocenters. The third-order valence-corrected chi connectivity index (χ3v) is 5.68. The molecule has 0 saturated carbocycles. The van der Waals surface area contributed by atoms with E-state index in [-0.39, 0.29) is 5.91 Å². The van der Waals surface area contributed by atoms with Gasteiger partial charge < -0.3 is 28.8 Å². The average Bonchev–Trinajstić information content (AvgIpc) is 3.33. The number of nitrogens with zero attached hydrogens (tertiary/aromatic N) is 3. The molecule has 1 fully saturated rings. The normalized spacial score (nSPS) is 18.3. The summed E-state index contributed by atoms with van der Waals surface area (Å²) in [5.41, 5.74) is 2.50. The van der Waals surface area contributed by atoms with Gasteiger partial charge in [-0.3, -0.25) is 4.79 Å². The SMILES string of the molecule is COc1ccc(OC)c(C2=NOC(C(=O)N3CCN(c4ccccc4OC)CC3)C2)c1. The first-order chi connectivity index (χ1) is 15.1. The van der Waals surface area contributed by atoms with Crippen LogP contribution in [0.1, 0.15) is 12.0 Å². The van der Waals surface area contributed by atoms with Gasteiger partial charge in [0.1, 0.15) is 17.2 Å². The molecule has 1 unspecified atom stereocenters. The molecule has 2 heterocycles. The first-order valence-corrected chi connectivity index (χ1v) is 10.3. The number of carbonyl (C=O) groups excluding carboxylic acids is 1. The molecule has 164 valence electrons. The first-order valence-electron chi connectivity index (χ1n) is 10.3. The minimum Gasteiger partial charge on any atom is -0.497 e. The smallest absolute Gasteiger partial charge is 0.267 e. The monoisotopic (exact) mass is 425 g/mol. The molecule has 4 rings (SSSR count). The fourth-order valence-corrected chi connectivity index (χ4v) is 3.97. The second-order valence-corrected chi connectivity index (χ2v) is 7.39. The summed E-state index contributed by atoms with van der Waals surface area (Å²) in [5, 5.41) is 4.18. The van der Waals surface area contributed by atoms with E-state index in [4.69, 9.17) is 19.0 Å². The quantitative estimate of drug-likeness (QED) is 0.708. The van der Waals surface area contributed by atoms with Crippen molar-refractivity contribution in [2.24, 2.45) is 5.16 Å². The molecule has 0 aliphatic carbocycles. The van der Waals surface area contributed by atoms with Gasteiger partial charge >= 0.3 is 0 Å². The Labute approximate surface area is 181 Å². The maximum absolute atomic E-state index is 13.0. The van der Waals surface area contributed by atoms with Crippen LogP contribution < -0.4 is 19.1 Å². The molecule has 0 N–H and O–H groups in total. The Hall–Kier alpha value is -3.42. The van der Waals surface area contributed by atoms with E-state index in [0.29, 0.717) is 36.7 Å². The zero-order valence-electron chi connectivity index (χ0n) is 18.0. The van der Waals surface area contributed by atoms with Crippen molar-refractivity contribution in [1.82, 2.24) is 4.90 Å². The van der Waals surface area contributed by atoms with Crippen LogP contribution in [-0.4, -0.2) is 70.1 Å². The van der Waals surface area contributed by atoms with Crippen LogP contribution in [0.3, 0.4) is 0 Å². The van der Waals surface area contributed by atoms with Crippen LogP contribution in [-0.2, 0) is 9.63 Å². The highest BCUT2D eigenvalue weighted by atomic mass is 16.6. The Kier molecular flexibility index (Phi) is 6.16. The lowest BCUT2D eigenvalue weighted by molar-refractivity contribution is -0.142. The van der Waals surface area contributed by atoms with Gasteiger partial charge in [-0.2, -0.15) is 0 Å². The molecule has 1 saturated heterocycles. The van der Waals surface area contributed by atoms with E-state index in [9.17, 15) is 4.79 Å². The Balaban J connectivity index is 1.38. The fraction of sp³-hybridized carbons (Fsp3) is 0.391. The van der Waals surface area contributed by atoms with Gasteiger partial charge in [-0.15, -0.1) is 0 Å². The van der Waals surface area contributed by atoms with Crippen molar-refractivity contribution in [3.8, 4) is 17.2 Å². The summed E-state index contributed by atoms with van der Waals surface area (Å²) in [5.74, 6) is 2.16. The number of piperazine rings is 1. The van der Waals surface area contributed by atoms with E-state index in [1.54, 1.807) is 21.3 Å². The van der Waals surface area contributed by atoms with Crippen molar-refractivity contribution in [2.75, 3.05) is 52.4 Å². The van der Waals surface area contributed by atoms with Gasteiger partial charge in [0.05, 0.1) is 32.7 Å². The fourth-order valence-electron chi connectivity index (χ4n) is 3.97. The topological polar surface area (TPSA) is 72.8 Å². The largest absolute Gasteiger partial charge is 0.497 e. The number of hydrogen-bond donors (Lipinski definition) is 0. The van der Waals surface area contributed by atoms with Gasteiger partial charge in [-0.25, -0.2) is 0 Å². The second-order valence-electron chi connectivity index (χ2n) is 7.39. The van der Waals surface area contributed by atoms with E-state index < -0.39 is 6.10 Å². The van der Waals surface area contributed by atoms with Crippen molar-refractivity contribution in [1.29, 1.82) is 0 Å². The minimum absolute atomic E-state index is 0.0414. The maximum Gasteiger partial charge on any atom is 0.267 e. The third-order valence-electron chi connectivity index (χ3n) is 5.68. The highest BCUT2D eigenvalue weighted by Gasteiger charge is 2.35. The molecular weight excluding hydrogens is 398 g/mol. The number of carbonyl (C=O) groups is 1. The van der Waals surface area contributed by atoms with Gasteiger partial charge in [0.2, 0.25) is 6.10 Å². The highest BCUT2D eigenvalue weighted by molar-refractivity contribution is 6.06. The Morgan fingerprint density at radius 3 is 2.42 bits per heavy atom. The van der Waals surface area contributed by atoms with Crippen LogP contribution >= 0.6 is 0 Å². The number of methoxy groups -OCH3 is 3. The molecular formula is C23H27N3O5. The summed E-state index contributed by atoms with van der Waals surface area (Å²) in [4.78, 5) is 22.7. The lowest BCUT2D eigenvalue weighted by Gasteiger charge is -2.37. The van der Waals surface area contributed by atoms with E-state index >= 15 is 0 Å². The van der Waals surface area contributed by atoms with Crippen molar-refractivity contribution >= 4 is 17.3 Å². The van der Waals surface area contributed by atoms with E-state index in [1.807, 2.05) is 47.4 Å². The summed E-state index contributed by atoms with van der Waals surface area (Å²) in [6, 6.07) is 13.4. The molecule has 0 aromatic heterocycles. The predicted molar refractivity (Wildman–Crippen MR) is 117 cm³/mol. The molecule has 2 aromatic carbocycles. The summed E-state index contributed by atoms with van der Waals surface area (Å²) < 4.78 is 16.2. The predicted octanol–water partition coefficient (Wildman–Crippen LogP) is 2.55. The number of oxime groups is 1. The van der Waals surface area contributed by atoms with E-state index in [2.05, 4.69) is 10.1 Å². The van der Waals surface area contributed by atoms with Gasteiger partial charge in [0.15, 0.2) is 0 Å². The number of para-hydroxylation sites is 2. The molecule has 2 aromatic rings. The van der Waals surface area contributed by atoms with Gasteiger partial charge in [-0.1, -0.05) is 17.3 Å². The maximum atomic E-state index is 13.0. The van der Waals surface area contributed by atoms with Crippen LogP contribution in [0.5, 0.6) is 17.2 Å². The molecule has 8 nitrogen and oxygen atoms in total. The molecule has 31 heavy (non-hydrogen) atoms. The molecule has 2 aliphatic heterocycles. The van der Waals surface area contributed by atoms with E-state index in [1.165, 1.54) is 0 Å². The summed E-state index contributed by atoms with van der Waals surface area (Å²) in [7, 11) is 4.88. The Bertz CT molecular complexity index is 969.